The fourth-order valence-corrected chi connectivity index (χ4v) is 3.58. The first-order chi connectivity index (χ1) is 10.2. The second-order valence-electron chi connectivity index (χ2n) is 6.24. The number of carboxylic acids is 1. The van der Waals surface area contributed by atoms with Gasteiger partial charge in [0.15, 0.2) is 0 Å². The summed E-state index contributed by atoms with van der Waals surface area (Å²) >= 11 is 0. The number of hydrogen-bond donors (Lipinski definition) is 1. The molecule has 1 N–H and O–H groups in total. The summed E-state index contributed by atoms with van der Waals surface area (Å²) in [6.45, 7) is 0. The number of Topliss-reactive ketones (excluding diaryl/α,β-unsaturated/α-hetero) is 1. The second-order valence-corrected chi connectivity index (χ2v) is 6.24. The SMILES string of the molecule is O=C(O)CCC/C=C\C[C@H]1C(=O)CC[C@@H]1C1=CCCCC1. The number of rotatable bonds is 7. The summed E-state index contributed by atoms with van der Waals surface area (Å²) in [5.41, 5.74) is 1.52. The van der Waals surface area contributed by atoms with Crippen LogP contribution in [0.25, 0.3) is 0 Å². The molecule has 0 radical (unpaired) electrons. The van der Waals surface area contributed by atoms with Crippen molar-refractivity contribution in [2.75, 3.05) is 0 Å². The highest BCUT2D eigenvalue weighted by Gasteiger charge is 2.35. The second kappa shape index (κ2) is 8.16. The molecule has 0 heterocycles. The van der Waals surface area contributed by atoms with Crippen LogP contribution in [0.2, 0.25) is 0 Å². The van der Waals surface area contributed by atoms with Crippen molar-refractivity contribution in [2.45, 2.75) is 64.2 Å². The third-order valence-electron chi connectivity index (χ3n) is 4.72. The smallest absolute Gasteiger partial charge is 0.303 e. The van der Waals surface area contributed by atoms with Crippen LogP contribution in [0.4, 0.5) is 0 Å². The zero-order valence-corrected chi connectivity index (χ0v) is 12.7. The Morgan fingerprint density at radius 3 is 2.86 bits per heavy atom. The molecule has 3 heteroatoms. The molecule has 3 nitrogen and oxygen atoms in total. The normalized spacial score (nSPS) is 26.3. The molecule has 1 saturated carbocycles. The molecule has 0 saturated heterocycles. The van der Waals surface area contributed by atoms with E-state index in [0.29, 0.717) is 18.1 Å². The van der Waals surface area contributed by atoms with E-state index in [4.69, 9.17) is 5.11 Å². The average molecular weight is 290 g/mol. The largest absolute Gasteiger partial charge is 0.481 e. The van der Waals surface area contributed by atoms with Crippen molar-refractivity contribution in [1.82, 2.24) is 0 Å². The number of aliphatic carboxylic acids is 1. The topological polar surface area (TPSA) is 54.4 Å². The first-order valence-electron chi connectivity index (χ1n) is 8.27. The number of allylic oxidation sites excluding steroid dienone is 4. The van der Waals surface area contributed by atoms with Crippen LogP contribution in [0.1, 0.15) is 64.2 Å². The molecule has 0 bridgehead atoms. The summed E-state index contributed by atoms with van der Waals surface area (Å²) in [4.78, 5) is 22.5. The van der Waals surface area contributed by atoms with Crippen molar-refractivity contribution < 1.29 is 14.7 Å². The molecule has 21 heavy (non-hydrogen) atoms. The van der Waals surface area contributed by atoms with Gasteiger partial charge in [-0.2, -0.15) is 0 Å². The van der Waals surface area contributed by atoms with Gasteiger partial charge < -0.3 is 5.11 Å². The van der Waals surface area contributed by atoms with E-state index in [0.717, 1.165) is 25.7 Å². The lowest BCUT2D eigenvalue weighted by atomic mass is 9.81. The minimum atomic E-state index is -0.737. The maximum absolute atomic E-state index is 12.1. The Balaban J connectivity index is 1.81. The van der Waals surface area contributed by atoms with Crippen molar-refractivity contribution in [3.8, 4) is 0 Å². The van der Waals surface area contributed by atoms with Gasteiger partial charge in [0.1, 0.15) is 5.78 Å². The Bertz CT molecular complexity index is 434. The number of carbonyl (C=O) groups is 2. The highest BCUT2D eigenvalue weighted by Crippen LogP contribution is 2.40. The van der Waals surface area contributed by atoms with E-state index >= 15 is 0 Å². The molecular weight excluding hydrogens is 264 g/mol. The molecule has 0 aromatic carbocycles. The predicted molar refractivity (Wildman–Crippen MR) is 83.0 cm³/mol. The molecule has 0 aromatic heterocycles. The van der Waals surface area contributed by atoms with E-state index in [-0.39, 0.29) is 12.3 Å². The Kier molecular flexibility index (Phi) is 6.21. The van der Waals surface area contributed by atoms with Crippen LogP contribution in [0.15, 0.2) is 23.8 Å². The first kappa shape index (κ1) is 16.0. The lowest BCUT2D eigenvalue weighted by Crippen LogP contribution is -2.17. The van der Waals surface area contributed by atoms with Gasteiger partial charge in [0, 0.05) is 18.8 Å². The summed E-state index contributed by atoms with van der Waals surface area (Å²) in [5, 5.41) is 8.58. The van der Waals surface area contributed by atoms with Crippen molar-refractivity contribution in [1.29, 1.82) is 0 Å². The van der Waals surface area contributed by atoms with Crippen LogP contribution in [-0.4, -0.2) is 16.9 Å². The Morgan fingerprint density at radius 1 is 1.29 bits per heavy atom. The molecule has 2 atom stereocenters. The Labute approximate surface area is 127 Å². The van der Waals surface area contributed by atoms with Crippen LogP contribution < -0.4 is 0 Å². The minimum Gasteiger partial charge on any atom is -0.481 e. The maximum Gasteiger partial charge on any atom is 0.303 e. The number of unbranched alkanes of at least 4 members (excludes halogenated alkanes) is 1. The molecule has 0 aromatic rings. The van der Waals surface area contributed by atoms with Crippen LogP contribution in [0, 0.1) is 11.8 Å². The quantitative estimate of drug-likeness (QED) is 0.562. The standard InChI is InChI=1S/C18H26O3/c19-17-13-12-15(14-8-4-3-5-9-14)16(17)10-6-1-2-7-11-18(20)21/h1,6,8,15-16H,2-5,7,9-13H2,(H,20,21)/b6-1-/t15-,16-/m1/s1. The van der Waals surface area contributed by atoms with E-state index < -0.39 is 5.97 Å². The van der Waals surface area contributed by atoms with E-state index in [1.54, 1.807) is 0 Å². The van der Waals surface area contributed by atoms with Crippen LogP contribution in [0.5, 0.6) is 0 Å². The van der Waals surface area contributed by atoms with Gasteiger partial charge in [0.05, 0.1) is 0 Å². The molecule has 2 aliphatic rings. The third kappa shape index (κ3) is 4.83. The summed E-state index contributed by atoms with van der Waals surface area (Å²) in [6, 6.07) is 0. The molecule has 1 fully saturated rings. The van der Waals surface area contributed by atoms with Crippen LogP contribution in [0.3, 0.4) is 0 Å². The molecular formula is C18H26O3. The molecule has 2 rings (SSSR count). The van der Waals surface area contributed by atoms with Gasteiger partial charge in [0.2, 0.25) is 0 Å². The molecule has 0 amide bonds. The van der Waals surface area contributed by atoms with Crippen molar-refractivity contribution in [3.63, 3.8) is 0 Å². The van der Waals surface area contributed by atoms with E-state index in [9.17, 15) is 9.59 Å². The Hall–Kier alpha value is -1.38. The summed E-state index contributed by atoms with van der Waals surface area (Å²) in [7, 11) is 0. The van der Waals surface area contributed by atoms with Gasteiger partial charge in [-0.1, -0.05) is 23.8 Å². The third-order valence-corrected chi connectivity index (χ3v) is 4.72. The lowest BCUT2D eigenvalue weighted by molar-refractivity contribution is -0.137. The van der Waals surface area contributed by atoms with Crippen LogP contribution >= 0.6 is 0 Å². The van der Waals surface area contributed by atoms with Gasteiger partial charge in [-0.3, -0.25) is 9.59 Å². The zero-order chi connectivity index (χ0) is 15.1. The average Bonchev–Trinajstić information content (AvgIpc) is 2.84. The van der Waals surface area contributed by atoms with Gasteiger partial charge in [-0.25, -0.2) is 0 Å². The van der Waals surface area contributed by atoms with Crippen molar-refractivity contribution >= 4 is 11.8 Å². The summed E-state index contributed by atoms with van der Waals surface area (Å²) < 4.78 is 0. The molecule has 2 aliphatic carbocycles. The summed E-state index contributed by atoms with van der Waals surface area (Å²) in [6.07, 6.45) is 15.7. The monoisotopic (exact) mass is 290 g/mol. The lowest BCUT2D eigenvalue weighted by Gasteiger charge is -2.23. The maximum atomic E-state index is 12.1. The van der Waals surface area contributed by atoms with Gasteiger partial charge in [-0.15, -0.1) is 0 Å². The van der Waals surface area contributed by atoms with Gasteiger partial charge in [-0.05, 0) is 57.3 Å². The fourth-order valence-electron chi connectivity index (χ4n) is 3.58. The fraction of sp³-hybridized carbons (Fsp3) is 0.667. The number of hydrogen-bond acceptors (Lipinski definition) is 2. The Morgan fingerprint density at radius 2 is 2.14 bits per heavy atom. The molecule has 0 unspecified atom stereocenters. The van der Waals surface area contributed by atoms with Crippen LogP contribution in [-0.2, 0) is 9.59 Å². The highest BCUT2D eigenvalue weighted by molar-refractivity contribution is 5.84. The minimum absolute atomic E-state index is 0.171. The number of ketones is 1. The molecule has 0 spiro atoms. The highest BCUT2D eigenvalue weighted by atomic mass is 16.4. The van der Waals surface area contributed by atoms with E-state index in [1.807, 2.05) is 6.08 Å². The van der Waals surface area contributed by atoms with Crippen molar-refractivity contribution in [3.05, 3.63) is 23.8 Å². The van der Waals surface area contributed by atoms with Gasteiger partial charge in [0.25, 0.3) is 0 Å². The summed E-state index contributed by atoms with van der Waals surface area (Å²) in [5.74, 6) is 0.326. The molecule has 0 aliphatic heterocycles. The van der Waals surface area contributed by atoms with Gasteiger partial charge >= 0.3 is 5.97 Å². The van der Waals surface area contributed by atoms with E-state index in [1.165, 1.54) is 31.3 Å². The predicted octanol–water partition coefficient (Wildman–Crippen LogP) is 4.28. The van der Waals surface area contributed by atoms with Crippen molar-refractivity contribution in [2.24, 2.45) is 11.8 Å². The number of carboxylic acid groups (broad SMARTS) is 1. The zero-order valence-electron chi connectivity index (χ0n) is 12.7. The first-order valence-corrected chi connectivity index (χ1v) is 8.27. The molecule has 116 valence electrons. The van der Waals surface area contributed by atoms with E-state index in [2.05, 4.69) is 12.2 Å². The number of carbonyl (C=O) groups excluding carboxylic acids is 1.